The summed E-state index contributed by atoms with van der Waals surface area (Å²) in [5, 5.41) is 145. The van der Waals surface area contributed by atoms with Crippen LogP contribution in [0.1, 0.15) is 22.8 Å². The second-order valence-corrected chi connectivity index (χ2v) is 15.8. The van der Waals surface area contributed by atoms with Gasteiger partial charge in [0.25, 0.3) is 0 Å². The lowest BCUT2D eigenvalue weighted by atomic mass is 9.98. The zero-order valence-electron chi connectivity index (χ0n) is 35.1. The van der Waals surface area contributed by atoms with Crippen LogP contribution in [0.4, 0.5) is 0 Å². The van der Waals surface area contributed by atoms with E-state index in [2.05, 4.69) is 0 Å². The van der Waals surface area contributed by atoms with Gasteiger partial charge in [-0.05, 0) is 42.0 Å². The van der Waals surface area contributed by atoms with Crippen molar-refractivity contribution in [3.8, 4) is 40.2 Å². The van der Waals surface area contributed by atoms with Gasteiger partial charge in [0, 0.05) is 23.8 Å². The van der Waals surface area contributed by atoms with Crippen LogP contribution < -0.4 is 18.9 Å². The minimum absolute atomic E-state index is 0.00415. The second kappa shape index (κ2) is 20.8. The van der Waals surface area contributed by atoms with E-state index in [0.29, 0.717) is 0 Å². The normalized spacial score (nSPS) is 34.1. The molecule has 16 atom stereocenters. The summed E-state index contributed by atoms with van der Waals surface area (Å²) < 4.78 is 50.9. The summed E-state index contributed by atoms with van der Waals surface area (Å²) in [5.41, 5.74) is 0.504. The number of ether oxygens (including phenoxy) is 9. The Morgan fingerprint density at radius 3 is 1.75 bits per heavy atom. The second-order valence-electron chi connectivity index (χ2n) is 15.8. The van der Waals surface area contributed by atoms with Crippen LogP contribution in [0, 0.1) is 0 Å². The zero-order chi connectivity index (χ0) is 48.4. The molecule has 0 saturated carbocycles. The van der Waals surface area contributed by atoms with Crippen LogP contribution in [-0.4, -0.2) is 197 Å². The van der Waals surface area contributed by atoms with E-state index in [0.717, 1.165) is 12.1 Å². The number of phenols is 3. The van der Waals surface area contributed by atoms with Crippen LogP contribution in [0.5, 0.6) is 40.2 Å². The first-order chi connectivity index (χ1) is 31.9. The summed E-state index contributed by atoms with van der Waals surface area (Å²) in [6.07, 6.45) is -23.5. The van der Waals surface area contributed by atoms with Gasteiger partial charge in [0.2, 0.25) is 18.9 Å². The van der Waals surface area contributed by atoms with E-state index in [9.17, 15) is 76.3 Å². The number of esters is 1. The molecule has 3 aromatic carbocycles. The number of carbonyl (C=O) groups is 1. The first kappa shape index (κ1) is 49.4. The van der Waals surface area contributed by atoms with Crippen molar-refractivity contribution in [1.29, 1.82) is 0 Å². The monoisotopic (exact) mass is 950 g/mol. The van der Waals surface area contributed by atoms with Crippen molar-refractivity contribution in [3.05, 3.63) is 77.1 Å². The highest BCUT2D eigenvalue weighted by Gasteiger charge is 2.48. The van der Waals surface area contributed by atoms with Crippen molar-refractivity contribution < 1.29 is 119 Å². The zero-order valence-corrected chi connectivity index (χ0v) is 35.1. The van der Waals surface area contributed by atoms with Crippen LogP contribution in [-0.2, 0) is 28.5 Å². The van der Waals surface area contributed by atoms with E-state index < -0.39 is 136 Å². The summed E-state index contributed by atoms with van der Waals surface area (Å²) in [5.74, 6) is -2.88. The third-order valence-corrected chi connectivity index (χ3v) is 11.3. The topological polar surface area (TPSA) is 383 Å². The van der Waals surface area contributed by atoms with Gasteiger partial charge in [0.15, 0.2) is 29.1 Å². The van der Waals surface area contributed by atoms with Crippen molar-refractivity contribution in [2.45, 2.75) is 98.2 Å². The largest absolute Gasteiger partial charge is 0.508 e. The molecule has 366 valence electrons. The van der Waals surface area contributed by atoms with E-state index in [1.54, 1.807) is 0 Å². The molecule has 24 nitrogen and oxygen atoms in total. The standard InChI is InChI=1S/C43H50O24/c1-59-24-9-17(4-6-20(24)47)40-26(12-19-22(61-40)10-18(46)11-23(19)62-41-37(56)34(53)31(50)27(13-44)65-41)64-43-39(58)36(55)33(52)29(67-43)15-60-30(49)7-3-16-2-5-21(48)25(8-16)63-42-38(57)35(54)32(51)28(14-45)66-42/h2-12,27-29,31-48,50-58H,13-15H2,1H3. The fraction of sp³-hybridized carbons (Fsp3) is 0.465. The van der Waals surface area contributed by atoms with Crippen molar-refractivity contribution >= 4 is 18.1 Å². The Balaban J connectivity index is 1.09. The third-order valence-electron chi connectivity index (χ3n) is 11.3. The molecule has 3 saturated heterocycles. The van der Waals surface area contributed by atoms with Gasteiger partial charge in [-0.1, -0.05) is 12.1 Å². The number of phenolic OH excluding ortho intramolecular Hbond substituents is 3. The van der Waals surface area contributed by atoms with Crippen molar-refractivity contribution in [1.82, 2.24) is 0 Å². The maximum absolute atomic E-state index is 12.9. The van der Waals surface area contributed by atoms with E-state index in [1.807, 2.05) is 0 Å². The fourth-order valence-corrected chi connectivity index (χ4v) is 7.48. The molecule has 4 aliphatic rings. The summed E-state index contributed by atoms with van der Waals surface area (Å²) >= 11 is 0. The molecule has 0 spiro atoms. The summed E-state index contributed by atoms with van der Waals surface area (Å²) in [4.78, 5) is 12.9. The van der Waals surface area contributed by atoms with E-state index in [4.69, 9.17) is 42.6 Å². The van der Waals surface area contributed by atoms with Gasteiger partial charge in [0.05, 0.1) is 25.9 Å². The highest BCUT2D eigenvalue weighted by atomic mass is 16.7. The van der Waals surface area contributed by atoms with Gasteiger partial charge in [-0.15, -0.1) is 0 Å². The third kappa shape index (κ3) is 10.5. The molecule has 14 N–H and O–H groups in total. The number of carbonyl (C=O) groups excluding carboxylic acids is 1. The van der Waals surface area contributed by atoms with Crippen molar-refractivity contribution in [3.63, 3.8) is 0 Å². The van der Waals surface area contributed by atoms with Gasteiger partial charge < -0.3 is 114 Å². The molecule has 24 heteroatoms. The van der Waals surface area contributed by atoms with Gasteiger partial charge in [-0.2, -0.15) is 0 Å². The Morgan fingerprint density at radius 2 is 1.15 bits per heavy atom. The maximum atomic E-state index is 12.9. The number of benzene rings is 3. The maximum Gasteiger partial charge on any atom is 0.330 e. The highest BCUT2D eigenvalue weighted by Crippen LogP contribution is 2.47. The fourth-order valence-electron chi connectivity index (χ4n) is 7.48. The van der Waals surface area contributed by atoms with Crippen molar-refractivity contribution in [2.24, 2.45) is 0 Å². The molecular formula is C43H50O24. The molecule has 3 aromatic rings. The molecule has 3 fully saturated rings. The van der Waals surface area contributed by atoms with Gasteiger partial charge in [-0.25, -0.2) is 4.79 Å². The Kier molecular flexibility index (Phi) is 15.3. The van der Waals surface area contributed by atoms with Gasteiger partial charge >= 0.3 is 5.97 Å². The average Bonchev–Trinajstić information content (AvgIpc) is 3.31. The number of aromatic hydroxyl groups is 3. The number of methoxy groups -OCH3 is 1. The lowest BCUT2D eigenvalue weighted by Crippen LogP contribution is -2.60. The molecule has 7 rings (SSSR count). The smallest absolute Gasteiger partial charge is 0.330 e. The molecule has 16 unspecified atom stereocenters. The number of aliphatic hydroxyl groups is 11. The number of fused-ring (bicyclic) bond motifs is 1. The van der Waals surface area contributed by atoms with Gasteiger partial charge in [0.1, 0.15) is 103 Å². The van der Waals surface area contributed by atoms with E-state index in [1.165, 1.54) is 61.7 Å². The van der Waals surface area contributed by atoms with Gasteiger partial charge in [-0.3, -0.25) is 0 Å². The number of hydrogen-bond acceptors (Lipinski definition) is 24. The summed E-state index contributed by atoms with van der Waals surface area (Å²) in [6.45, 7) is -2.21. The first-order valence-corrected chi connectivity index (χ1v) is 20.5. The van der Waals surface area contributed by atoms with Crippen LogP contribution in [0.3, 0.4) is 0 Å². The Hall–Kier alpha value is -5.55. The van der Waals surface area contributed by atoms with Crippen LogP contribution in [0.25, 0.3) is 12.2 Å². The van der Waals surface area contributed by atoms with Crippen LogP contribution in [0.15, 0.2) is 60.4 Å². The molecule has 67 heavy (non-hydrogen) atoms. The minimum atomic E-state index is -1.96. The molecule has 0 aromatic heterocycles. The predicted octanol–water partition coefficient (Wildman–Crippen LogP) is -3.28. The number of rotatable bonds is 14. The summed E-state index contributed by atoms with van der Waals surface area (Å²) in [6, 6.07) is 10.1. The molecule has 4 heterocycles. The molecule has 4 aliphatic heterocycles. The van der Waals surface area contributed by atoms with E-state index in [-0.39, 0.29) is 51.2 Å². The lowest BCUT2D eigenvalue weighted by molar-refractivity contribution is -0.294. The Bertz CT molecular complexity index is 2270. The molecule has 0 amide bonds. The Morgan fingerprint density at radius 1 is 0.612 bits per heavy atom. The van der Waals surface area contributed by atoms with Crippen LogP contribution in [0.2, 0.25) is 0 Å². The minimum Gasteiger partial charge on any atom is -0.508 e. The number of hydrogen-bond donors (Lipinski definition) is 14. The molecular weight excluding hydrogens is 900 g/mol. The SMILES string of the molecule is COc1cc(C2Oc3cc(O)cc(OC4OC(CO)C(O)C(O)C4O)c3C=C2OC2OC(COC(=O)C=Cc3ccc(O)c(OC4OC(CO)C(O)C(O)C4O)c3)C(O)C(O)C2O)ccc1O. The lowest BCUT2D eigenvalue weighted by Gasteiger charge is -2.41. The highest BCUT2D eigenvalue weighted by molar-refractivity contribution is 5.87. The van der Waals surface area contributed by atoms with Crippen molar-refractivity contribution in [2.75, 3.05) is 26.9 Å². The molecule has 0 radical (unpaired) electrons. The molecule has 0 bridgehead atoms. The first-order valence-electron chi connectivity index (χ1n) is 20.5. The molecule has 0 aliphatic carbocycles. The summed E-state index contributed by atoms with van der Waals surface area (Å²) in [7, 11) is 1.29. The number of aliphatic hydroxyl groups excluding tert-OH is 11. The quantitative estimate of drug-likeness (QED) is 0.0557. The average molecular weight is 951 g/mol. The predicted molar refractivity (Wildman–Crippen MR) is 219 cm³/mol. The Labute approximate surface area is 379 Å². The van der Waals surface area contributed by atoms with Crippen LogP contribution >= 0.6 is 0 Å². The van der Waals surface area contributed by atoms with E-state index >= 15 is 0 Å².